The van der Waals surface area contributed by atoms with Gasteiger partial charge in [0, 0.05) is 18.9 Å². The molecule has 4 rings (SSSR count). The van der Waals surface area contributed by atoms with Gasteiger partial charge >= 0.3 is 0 Å². The number of pyridine rings is 1. The molecule has 120 valence electrons. The first kappa shape index (κ1) is 14.5. The Balaban J connectivity index is 1.99. The summed E-state index contributed by atoms with van der Waals surface area (Å²) in [4.78, 5) is 8.62. The van der Waals surface area contributed by atoms with Gasteiger partial charge in [-0.25, -0.2) is 4.39 Å². The molecule has 0 spiro atoms. The number of hydrogen-bond donors (Lipinski definition) is 1. The molecule has 3 aromatic heterocycles. The minimum atomic E-state index is -0.299. The first-order valence-corrected chi connectivity index (χ1v) is 7.43. The Bertz CT molecular complexity index is 1020. The van der Waals surface area contributed by atoms with Crippen LogP contribution < -0.4 is 5.73 Å². The van der Waals surface area contributed by atoms with E-state index >= 15 is 0 Å². The normalized spacial score (nSPS) is 11.3. The van der Waals surface area contributed by atoms with E-state index < -0.39 is 0 Å². The smallest absolute Gasteiger partial charge is 0.223 e. The van der Waals surface area contributed by atoms with Crippen LogP contribution in [0.25, 0.3) is 28.1 Å². The van der Waals surface area contributed by atoms with Crippen LogP contribution in [0, 0.1) is 12.7 Å². The van der Waals surface area contributed by atoms with Crippen LogP contribution in [0.5, 0.6) is 0 Å². The number of hydrogen-bond acceptors (Lipinski definition) is 5. The number of fused-ring (bicyclic) bond motifs is 1. The van der Waals surface area contributed by atoms with Crippen molar-refractivity contribution in [3.05, 3.63) is 60.0 Å². The molecule has 1 aromatic carbocycles. The Kier molecular flexibility index (Phi) is 3.35. The summed E-state index contributed by atoms with van der Waals surface area (Å²) < 4.78 is 20.6. The summed E-state index contributed by atoms with van der Waals surface area (Å²) in [6, 6.07) is 10.2. The van der Waals surface area contributed by atoms with Crippen LogP contribution in [0.2, 0.25) is 0 Å². The molecule has 3 heterocycles. The molecule has 0 amide bonds. The van der Waals surface area contributed by atoms with Crippen molar-refractivity contribution in [3.63, 3.8) is 0 Å². The summed E-state index contributed by atoms with van der Waals surface area (Å²) in [6.07, 6.45) is 1.72. The van der Waals surface area contributed by atoms with E-state index in [9.17, 15) is 4.39 Å². The van der Waals surface area contributed by atoms with Crippen LogP contribution >= 0.6 is 0 Å². The van der Waals surface area contributed by atoms with Crippen molar-refractivity contribution in [2.75, 3.05) is 0 Å². The first-order valence-electron chi connectivity index (χ1n) is 7.43. The van der Waals surface area contributed by atoms with Gasteiger partial charge in [0.2, 0.25) is 11.7 Å². The van der Waals surface area contributed by atoms with Crippen LogP contribution in [0.15, 0.2) is 47.1 Å². The van der Waals surface area contributed by atoms with E-state index in [1.807, 2.05) is 22.8 Å². The van der Waals surface area contributed by atoms with E-state index in [1.165, 1.54) is 12.1 Å². The highest BCUT2D eigenvalue weighted by molar-refractivity contribution is 5.88. The van der Waals surface area contributed by atoms with E-state index in [0.29, 0.717) is 24.0 Å². The summed E-state index contributed by atoms with van der Waals surface area (Å²) in [5, 5.41) is 4.73. The van der Waals surface area contributed by atoms with Gasteiger partial charge in [0.1, 0.15) is 5.82 Å². The number of nitrogens with zero attached hydrogens (tertiary/aromatic N) is 4. The third kappa shape index (κ3) is 2.35. The molecule has 0 saturated carbocycles. The lowest BCUT2D eigenvalue weighted by Gasteiger charge is -2.09. The van der Waals surface area contributed by atoms with Crippen molar-refractivity contribution in [2.45, 2.75) is 13.5 Å². The molecule has 0 aliphatic carbocycles. The number of nitrogens with two attached hydrogens (primary N) is 1. The van der Waals surface area contributed by atoms with Crippen molar-refractivity contribution in [1.29, 1.82) is 0 Å². The number of rotatable bonds is 3. The Hall–Kier alpha value is -3.06. The average molecular weight is 323 g/mol. The second-order valence-corrected chi connectivity index (χ2v) is 5.42. The van der Waals surface area contributed by atoms with Crippen LogP contribution in [0.3, 0.4) is 0 Å². The summed E-state index contributed by atoms with van der Waals surface area (Å²) in [5.41, 5.74) is 8.74. The standard InChI is InChI=1S/C17H14FN5O/c1-10-21-17(22-24-10)16-7-11-6-12(18)2-5-15(11)23(16)14-4-3-13(8-19)20-9-14/h2-7,9H,8,19H2,1H3. The first-order chi connectivity index (χ1) is 11.7. The molecular weight excluding hydrogens is 309 g/mol. The van der Waals surface area contributed by atoms with E-state index in [-0.39, 0.29) is 5.82 Å². The SMILES string of the molecule is Cc1nc(-c2cc3cc(F)ccc3n2-c2ccc(CN)nc2)no1. The molecule has 4 aromatic rings. The summed E-state index contributed by atoms with van der Waals surface area (Å²) in [6.45, 7) is 2.09. The maximum absolute atomic E-state index is 13.6. The molecular formula is C17H14FN5O. The van der Waals surface area contributed by atoms with Gasteiger partial charge in [0.05, 0.1) is 28.8 Å². The predicted octanol–water partition coefficient (Wildman–Crippen LogP) is 2.98. The lowest BCUT2D eigenvalue weighted by molar-refractivity contribution is 0.394. The minimum absolute atomic E-state index is 0.299. The monoisotopic (exact) mass is 323 g/mol. The molecule has 0 atom stereocenters. The van der Waals surface area contributed by atoms with Crippen molar-refractivity contribution in [2.24, 2.45) is 5.73 Å². The van der Waals surface area contributed by atoms with Gasteiger partial charge in [-0.1, -0.05) is 5.16 Å². The highest BCUT2D eigenvalue weighted by Gasteiger charge is 2.17. The summed E-state index contributed by atoms with van der Waals surface area (Å²) >= 11 is 0. The molecule has 2 N–H and O–H groups in total. The summed E-state index contributed by atoms with van der Waals surface area (Å²) in [7, 11) is 0. The zero-order valence-electron chi connectivity index (χ0n) is 12.9. The van der Waals surface area contributed by atoms with E-state index in [0.717, 1.165) is 22.3 Å². The van der Waals surface area contributed by atoms with Gasteiger partial charge < -0.3 is 14.8 Å². The van der Waals surface area contributed by atoms with Crippen LogP contribution in [-0.4, -0.2) is 19.7 Å². The third-order valence-corrected chi connectivity index (χ3v) is 3.80. The maximum atomic E-state index is 13.6. The number of aromatic nitrogens is 4. The zero-order chi connectivity index (χ0) is 16.7. The fourth-order valence-corrected chi connectivity index (χ4v) is 2.70. The Labute approximate surface area is 136 Å². The van der Waals surface area contributed by atoms with Crippen LogP contribution in [-0.2, 0) is 6.54 Å². The van der Waals surface area contributed by atoms with Crippen molar-refractivity contribution < 1.29 is 8.91 Å². The van der Waals surface area contributed by atoms with Gasteiger partial charge in [-0.15, -0.1) is 0 Å². The van der Waals surface area contributed by atoms with Gasteiger partial charge in [-0.05, 0) is 36.4 Å². The number of halogens is 1. The highest BCUT2D eigenvalue weighted by Crippen LogP contribution is 2.30. The zero-order valence-corrected chi connectivity index (χ0v) is 12.9. The van der Waals surface area contributed by atoms with Crippen molar-refractivity contribution in [1.82, 2.24) is 19.7 Å². The topological polar surface area (TPSA) is 82.8 Å². The molecule has 0 aliphatic heterocycles. The van der Waals surface area contributed by atoms with E-state index in [4.69, 9.17) is 10.3 Å². The molecule has 0 saturated heterocycles. The molecule has 0 bridgehead atoms. The van der Waals surface area contributed by atoms with Crippen molar-refractivity contribution in [3.8, 4) is 17.2 Å². The average Bonchev–Trinajstić information content (AvgIpc) is 3.18. The van der Waals surface area contributed by atoms with Crippen molar-refractivity contribution >= 4 is 10.9 Å². The molecule has 0 unspecified atom stereocenters. The second kappa shape index (κ2) is 5.54. The largest absolute Gasteiger partial charge is 0.339 e. The molecule has 6 nitrogen and oxygen atoms in total. The Morgan fingerprint density at radius 1 is 1.21 bits per heavy atom. The number of benzene rings is 1. The maximum Gasteiger partial charge on any atom is 0.223 e. The Morgan fingerprint density at radius 3 is 2.75 bits per heavy atom. The quantitative estimate of drug-likeness (QED) is 0.627. The molecule has 0 radical (unpaired) electrons. The minimum Gasteiger partial charge on any atom is -0.339 e. The van der Waals surface area contributed by atoms with Gasteiger partial charge in [-0.2, -0.15) is 4.98 Å². The second-order valence-electron chi connectivity index (χ2n) is 5.42. The van der Waals surface area contributed by atoms with Crippen LogP contribution in [0.4, 0.5) is 4.39 Å². The van der Waals surface area contributed by atoms with E-state index in [2.05, 4.69) is 15.1 Å². The Morgan fingerprint density at radius 2 is 2.08 bits per heavy atom. The highest BCUT2D eigenvalue weighted by atomic mass is 19.1. The fraction of sp³-hybridized carbons (Fsp3) is 0.118. The third-order valence-electron chi connectivity index (χ3n) is 3.80. The summed E-state index contributed by atoms with van der Waals surface area (Å²) in [5.74, 6) is 0.601. The molecule has 7 heteroatoms. The molecule has 24 heavy (non-hydrogen) atoms. The van der Waals surface area contributed by atoms with E-state index in [1.54, 1.807) is 19.2 Å². The van der Waals surface area contributed by atoms with Crippen LogP contribution in [0.1, 0.15) is 11.6 Å². The van der Waals surface area contributed by atoms with Gasteiger partial charge in [-0.3, -0.25) is 4.98 Å². The number of aryl methyl sites for hydroxylation is 1. The van der Waals surface area contributed by atoms with Gasteiger partial charge in [0.25, 0.3) is 0 Å². The lowest BCUT2D eigenvalue weighted by atomic mass is 10.2. The van der Waals surface area contributed by atoms with Gasteiger partial charge in [0.15, 0.2) is 0 Å². The molecule has 0 aliphatic rings. The molecule has 0 fully saturated rings. The predicted molar refractivity (Wildman–Crippen MR) is 86.9 cm³/mol. The fourth-order valence-electron chi connectivity index (χ4n) is 2.70. The lowest BCUT2D eigenvalue weighted by Crippen LogP contribution is -2.02.